The number of rotatable bonds is 7. The molecule has 0 fully saturated rings. The van der Waals surface area contributed by atoms with Crippen LogP contribution in [0, 0.1) is 5.82 Å². The van der Waals surface area contributed by atoms with Crippen LogP contribution in [0.3, 0.4) is 0 Å². The Morgan fingerprint density at radius 3 is 3.00 bits per heavy atom. The van der Waals surface area contributed by atoms with E-state index in [2.05, 4.69) is 10.3 Å². The Morgan fingerprint density at radius 2 is 2.21 bits per heavy atom. The van der Waals surface area contributed by atoms with Crippen molar-refractivity contribution in [3.8, 4) is 0 Å². The van der Waals surface area contributed by atoms with E-state index in [4.69, 9.17) is 4.74 Å². The van der Waals surface area contributed by atoms with Crippen molar-refractivity contribution in [3.63, 3.8) is 0 Å². The van der Waals surface area contributed by atoms with Gasteiger partial charge < -0.3 is 14.6 Å². The average molecular weight is 263 g/mol. The number of hydrogen-bond acceptors (Lipinski definition) is 3. The molecular formula is C14H18FN3O. The number of halogens is 1. The number of imidazole rings is 1. The molecule has 0 saturated carbocycles. The molecule has 0 aliphatic rings. The molecular weight excluding hydrogens is 245 g/mol. The molecule has 102 valence electrons. The Labute approximate surface area is 112 Å². The van der Waals surface area contributed by atoms with E-state index in [0.29, 0.717) is 25.1 Å². The van der Waals surface area contributed by atoms with Crippen LogP contribution in [-0.2, 0) is 17.7 Å². The molecule has 1 aromatic carbocycles. The van der Waals surface area contributed by atoms with Crippen LogP contribution < -0.4 is 5.32 Å². The lowest BCUT2D eigenvalue weighted by molar-refractivity contribution is 0.187. The maximum Gasteiger partial charge on any atom is 0.202 e. The minimum Gasteiger partial charge on any atom is -0.383 e. The maximum atomic E-state index is 13.4. The zero-order chi connectivity index (χ0) is 13.5. The van der Waals surface area contributed by atoms with Gasteiger partial charge in [0.25, 0.3) is 0 Å². The van der Waals surface area contributed by atoms with Crippen LogP contribution in [0.4, 0.5) is 10.3 Å². The van der Waals surface area contributed by atoms with Crippen LogP contribution >= 0.6 is 0 Å². The second-order valence-electron chi connectivity index (χ2n) is 4.21. The maximum absolute atomic E-state index is 13.4. The average Bonchev–Trinajstić information content (AvgIpc) is 2.86. The van der Waals surface area contributed by atoms with Crippen LogP contribution in [0.25, 0.3) is 0 Å². The van der Waals surface area contributed by atoms with Gasteiger partial charge in [0.05, 0.1) is 6.61 Å². The van der Waals surface area contributed by atoms with Gasteiger partial charge in [-0.2, -0.15) is 0 Å². The second-order valence-corrected chi connectivity index (χ2v) is 4.21. The van der Waals surface area contributed by atoms with E-state index in [1.54, 1.807) is 25.4 Å². The molecule has 4 nitrogen and oxygen atoms in total. The number of anilines is 1. The second kappa shape index (κ2) is 6.89. The number of benzene rings is 1. The SMILES string of the molecule is COCCn1ccnc1NCCc1ccccc1F. The molecule has 0 bridgehead atoms. The summed E-state index contributed by atoms with van der Waals surface area (Å²) in [5.74, 6) is 0.625. The van der Waals surface area contributed by atoms with Crippen molar-refractivity contribution in [2.24, 2.45) is 0 Å². The Bertz CT molecular complexity index is 513. The van der Waals surface area contributed by atoms with Crippen molar-refractivity contribution in [3.05, 3.63) is 48.0 Å². The third kappa shape index (κ3) is 3.79. The lowest BCUT2D eigenvalue weighted by Crippen LogP contribution is -2.12. The van der Waals surface area contributed by atoms with Crippen molar-refractivity contribution in [1.29, 1.82) is 0 Å². The highest BCUT2D eigenvalue weighted by atomic mass is 19.1. The normalized spacial score (nSPS) is 10.6. The fraction of sp³-hybridized carbons (Fsp3) is 0.357. The molecule has 1 aromatic heterocycles. The quantitative estimate of drug-likeness (QED) is 0.833. The van der Waals surface area contributed by atoms with E-state index in [9.17, 15) is 4.39 Å². The number of aromatic nitrogens is 2. The Morgan fingerprint density at radius 1 is 1.37 bits per heavy atom. The van der Waals surface area contributed by atoms with Gasteiger partial charge >= 0.3 is 0 Å². The predicted molar refractivity (Wildman–Crippen MR) is 72.7 cm³/mol. The monoisotopic (exact) mass is 263 g/mol. The van der Waals surface area contributed by atoms with Gasteiger partial charge in [-0.3, -0.25) is 0 Å². The molecule has 0 aliphatic heterocycles. The molecule has 0 unspecified atom stereocenters. The highest BCUT2D eigenvalue weighted by molar-refractivity contribution is 5.27. The molecule has 0 aliphatic carbocycles. The molecule has 0 radical (unpaired) electrons. The van der Waals surface area contributed by atoms with Gasteiger partial charge in [0.1, 0.15) is 5.82 Å². The van der Waals surface area contributed by atoms with E-state index in [1.807, 2.05) is 16.8 Å². The van der Waals surface area contributed by atoms with Crippen molar-refractivity contribution in [2.45, 2.75) is 13.0 Å². The lowest BCUT2D eigenvalue weighted by atomic mass is 10.1. The molecule has 19 heavy (non-hydrogen) atoms. The first kappa shape index (κ1) is 13.5. The molecule has 0 saturated heterocycles. The smallest absolute Gasteiger partial charge is 0.202 e. The minimum atomic E-state index is -0.160. The number of methoxy groups -OCH3 is 1. The Hall–Kier alpha value is -1.88. The van der Waals surface area contributed by atoms with Crippen LogP contribution in [0.5, 0.6) is 0 Å². The topological polar surface area (TPSA) is 39.1 Å². The zero-order valence-electron chi connectivity index (χ0n) is 11.0. The van der Waals surface area contributed by atoms with Gasteiger partial charge in [-0.1, -0.05) is 18.2 Å². The van der Waals surface area contributed by atoms with E-state index >= 15 is 0 Å². The third-order valence-corrected chi connectivity index (χ3v) is 2.89. The largest absolute Gasteiger partial charge is 0.383 e. The summed E-state index contributed by atoms with van der Waals surface area (Å²) in [6.45, 7) is 2.03. The van der Waals surface area contributed by atoms with Crippen molar-refractivity contribution < 1.29 is 9.13 Å². The summed E-state index contributed by atoms with van der Waals surface area (Å²) < 4.78 is 20.4. The number of nitrogens with one attached hydrogen (secondary N) is 1. The molecule has 2 aromatic rings. The van der Waals surface area contributed by atoms with Gasteiger partial charge in [0, 0.05) is 32.6 Å². The summed E-state index contributed by atoms with van der Waals surface area (Å²) in [5, 5.41) is 3.21. The fourth-order valence-corrected chi connectivity index (χ4v) is 1.86. The van der Waals surface area contributed by atoms with E-state index in [1.165, 1.54) is 6.07 Å². The van der Waals surface area contributed by atoms with E-state index < -0.39 is 0 Å². The molecule has 5 heteroatoms. The number of ether oxygens (including phenoxy) is 1. The van der Waals surface area contributed by atoms with E-state index in [0.717, 1.165) is 12.5 Å². The molecule has 0 atom stereocenters. The molecule has 2 rings (SSSR count). The van der Waals surface area contributed by atoms with Gasteiger partial charge in [-0.25, -0.2) is 9.37 Å². The molecule has 1 N–H and O–H groups in total. The summed E-state index contributed by atoms with van der Waals surface area (Å²) in [7, 11) is 1.67. The predicted octanol–water partition coefficient (Wildman–Crippen LogP) is 2.32. The first-order chi connectivity index (χ1) is 9.31. The van der Waals surface area contributed by atoms with Gasteiger partial charge in [0.2, 0.25) is 5.95 Å². The number of nitrogens with zero attached hydrogens (tertiary/aromatic N) is 2. The van der Waals surface area contributed by atoms with Gasteiger partial charge in [-0.15, -0.1) is 0 Å². The fourth-order valence-electron chi connectivity index (χ4n) is 1.86. The first-order valence-electron chi connectivity index (χ1n) is 6.28. The summed E-state index contributed by atoms with van der Waals surface area (Å²) in [6, 6.07) is 6.82. The molecule has 0 spiro atoms. The highest BCUT2D eigenvalue weighted by Gasteiger charge is 2.03. The third-order valence-electron chi connectivity index (χ3n) is 2.89. The standard InChI is InChI=1S/C14H18FN3O/c1-19-11-10-18-9-8-17-14(18)16-7-6-12-4-2-3-5-13(12)15/h2-5,8-9H,6-7,10-11H2,1H3,(H,16,17). The number of hydrogen-bond donors (Lipinski definition) is 1. The van der Waals surface area contributed by atoms with Crippen LogP contribution in [-0.4, -0.2) is 29.8 Å². The summed E-state index contributed by atoms with van der Waals surface area (Å²) in [6.07, 6.45) is 4.26. The minimum absolute atomic E-state index is 0.160. The molecule has 0 amide bonds. The van der Waals surface area contributed by atoms with Crippen molar-refractivity contribution in [2.75, 3.05) is 25.6 Å². The van der Waals surface area contributed by atoms with Crippen LogP contribution in [0.15, 0.2) is 36.7 Å². The summed E-state index contributed by atoms with van der Waals surface area (Å²) in [4.78, 5) is 4.23. The highest BCUT2D eigenvalue weighted by Crippen LogP contribution is 2.08. The van der Waals surface area contributed by atoms with Crippen molar-refractivity contribution in [1.82, 2.24) is 9.55 Å². The lowest BCUT2D eigenvalue weighted by Gasteiger charge is -2.09. The van der Waals surface area contributed by atoms with Crippen LogP contribution in [0.1, 0.15) is 5.56 Å². The zero-order valence-corrected chi connectivity index (χ0v) is 11.0. The Kier molecular flexibility index (Phi) is 4.92. The Balaban J connectivity index is 1.86. The van der Waals surface area contributed by atoms with Crippen molar-refractivity contribution >= 4 is 5.95 Å². The van der Waals surface area contributed by atoms with Gasteiger partial charge in [-0.05, 0) is 18.1 Å². The van der Waals surface area contributed by atoms with Gasteiger partial charge in [0.15, 0.2) is 0 Å². The summed E-state index contributed by atoms with van der Waals surface area (Å²) >= 11 is 0. The van der Waals surface area contributed by atoms with E-state index in [-0.39, 0.29) is 5.82 Å². The first-order valence-corrected chi connectivity index (χ1v) is 6.28. The summed E-state index contributed by atoms with van der Waals surface area (Å²) in [5.41, 5.74) is 0.713. The van der Waals surface area contributed by atoms with Crippen LogP contribution in [0.2, 0.25) is 0 Å². The molecule has 1 heterocycles.